The third-order valence-electron chi connectivity index (χ3n) is 0.697. The van der Waals surface area contributed by atoms with E-state index in [0.29, 0.717) is 0 Å². The van der Waals surface area contributed by atoms with Gasteiger partial charge < -0.3 is 4.74 Å². The van der Waals surface area contributed by atoms with Gasteiger partial charge in [-0.1, -0.05) is 13.2 Å². The summed E-state index contributed by atoms with van der Waals surface area (Å²) >= 11 is 0. The van der Waals surface area contributed by atoms with E-state index in [1.165, 1.54) is 5.92 Å². The number of rotatable bonds is 0. The predicted molar refractivity (Wildman–Crippen MR) is 19.7 cm³/mol. The Hall–Kier alpha value is 0.648. The van der Waals surface area contributed by atoms with Crippen molar-refractivity contribution in [3.05, 3.63) is 5.92 Å². The van der Waals surface area contributed by atoms with Gasteiger partial charge in [0.2, 0.25) is 0 Å². The van der Waals surface area contributed by atoms with E-state index in [-0.39, 0.29) is 21.1 Å². The smallest absolute Gasteiger partial charge is 0 e. The second-order valence-electron chi connectivity index (χ2n) is 1.45. The van der Waals surface area contributed by atoms with Gasteiger partial charge in [0.25, 0.3) is 0 Å². The van der Waals surface area contributed by atoms with Crippen molar-refractivity contribution in [3.8, 4) is 0 Å². The van der Waals surface area contributed by atoms with Gasteiger partial charge in [0.15, 0.2) is 0 Å². The maximum atomic E-state index is 4.80. The van der Waals surface area contributed by atoms with E-state index in [0.717, 1.165) is 13.2 Å². The molecule has 0 aromatic rings. The Kier molecular flexibility index (Phi) is 3.06. The van der Waals surface area contributed by atoms with E-state index in [1.807, 2.05) is 0 Å². The summed E-state index contributed by atoms with van der Waals surface area (Å²) in [6, 6.07) is 0. The third-order valence-corrected chi connectivity index (χ3v) is 0.697. The quantitative estimate of drug-likeness (QED) is 0.576. The van der Waals surface area contributed by atoms with E-state index >= 15 is 0 Å². The van der Waals surface area contributed by atoms with Gasteiger partial charge in [-0.2, -0.15) is 6.92 Å². The normalized spacial score (nSPS) is 21.5. The number of hydrogen-bond acceptors (Lipinski definition) is 1. The summed E-state index contributed by atoms with van der Waals surface area (Å²) in [5.41, 5.74) is 0. The van der Waals surface area contributed by atoms with Gasteiger partial charge in [0.1, 0.15) is 0 Å². The first-order valence-electron chi connectivity index (χ1n) is 1.78. The van der Waals surface area contributed by atoms with Crippen LogP contribution in [0.25, 0.3) is 0 Å². The van der Waals surface area contributed by atoms with Gasteiger partial charge >= 0.3 is 0 Å². The maximum Gasteiger partial charge on any atom is 0 e. The van der Waals surface area contributed by atoms with Crippen LogP contribution in [-0.2, 0) is 25.8 Å². The summed E-state index contributed by atoms with van der Waals surface area (Å²) in [7, 11) is 0. The van der Waals surface area contributed by atoms with Crippen LogP contribution in [-0.4, -0.2) is 13.2 Å². The fourth-order valence-corrected chi connectivity index (χ4v) is 0.306. The molecule has 0 aromatic heterocycles. The van der Waals surface area contributed by atoms with Crippen LogP contribution in [0.1, 0.15) is 6.92 Å². The molecule has 1 heterocycles. The van der Waals surface area contributed by atoms with Gasteiger partial charge in [-0.15, -0.1) is 0 Å². The van der Waals surface area contributed by atoms with E-state index < -0.39 is 0 Å². The molecule has 0 atom stereocenters. The molecule has 6 heavy (non-hydrogen) atoms. The Bertz CT molecular complexity index is 34.5. The summed E-state index contributed by atoms with van der Waals surface area (Å²) in [5.74, 6) is 1.46. The molecule has 1 rings (SSSR count). The molecule has 1 saturated heterocycles. The van der Waals surface area contributed by atoms with E-state index in [1.54, 1.807) is 0 Å². The Morgan fingerprint density at radius 1 is 1.50 bits per heavy atom. The molecule has 0 radical (unpaired) electrons. The fraction of sp³-hybridized carbons (Fsp3) is 0.750. The van der Waals surface area contributed by atoms with Crippen LogP contribution in [0, 0.1) is 5.92 Å². The molecular weight excluding hydrogens is 248 g/mol. The summed E-state index contributed by atoms with van der Waals surface area (Å²) in [6.07, 6.45) is 0. The SMILES string of the molecule is C[C-]1COC1.[W]. The van der Waals surface area contributed by atoms with Crippen LogP contribution in [0.3, 0.4) is 0 Å². The minimum absolute atomic E-state index is 0. The van der Waals surface area contributed by atoms with Gasteiger partial charge in [-0.25, -0.2) is 0 Å². The standard InChI is InChI=1S/C4H7O.W/c1-4-2-5-3-4;/h2-3H2,1H3;/q-1;. The van der Waals surface area contributed by atoms with Gasteiger partial charge in [0.05, 0.1) is 0 Å². The van der Waals surface area contributed by atoms with Crippen molar-refractivity contribution < 1.29 is 25.8 Å². The van der Waals surface area contributed by atoms with Crippen LogP contribution >= 0.6 is 0 Å². The van der Waals surface area contributed by atoms with Crippen LogP contribution in [0.2, 0.25) is 0 Å². The molecule has 0 aromatic carbocycles. The minimum Gasteiger partial charge on any atom is -0.444 e. The van der Waals surface area contributed by atoms with Crippen molar-refractivity contribution in [2.75, 3.05) is 13.2 Å². The molecule has 0 spiro atoms. The first kappa shape index (κ1) is 6.65. The number of ether oxygens (including phenoxy) is 1. The summed E-state index contributed by atoms with van der Waals surface area (Å²) in [6.45, 7) is 3.91. The zero-order valence-corrected chi connectivity index (χ0v) is 6.66. The monoisotopic (exact) mass is 255 g/mol. The summed E-state index contributed by atoms with van der Waals surface area (Å²) in [5, 5.41) is 0. The van der Waals surface area contributed by atoms with E-state index in [4.69, 9.17) is 4.74 Å². The van der Waals surface area contributed by atoms with Crippen LogP contribution in [0.15, 0.2) is 0 Å². The Labute approximate surface area is 52.3 Å². The molecule has 0 amide bonds. The summed E-state index contributed by atoms with van der Waals surface area (Å²) < 4.78 is 4.80. The number of hydrogen-bond donors (Lipinski definition) is 0. The summed E-state index contributed by atoms with van der Waals surface area (Å²) in [4.78, 5) is 0. The molecule has 0 bridgehead atoms. The fourth-order valence-electron chi connectivity index (χ4n) is 0.306. The van der Waals surface area contributed by atoms with Crippen molar-refractivity contribution >= 4 is 0 Å². The predicted octanol–water partition coefficient (Wildman–Crippen LogP) is 0.608. The Morgan fingerprint density at radius 2 is 1.83 bits per heavy atom. The first-order chi connectivity index (χ1) is 2.39. The minimum atomic E-state index is 0. The molecule has 0 N–H and O–H groups in total. The topological polar surface area (TPSA) is 9.23 Å². The van der Waals surface area contributed by atoms with Crippen molar-refractivity contribution in [2.24, 2.45) is 0 Å². The molecule has 2 heteroatoms. The first-order valence-corrected chi connectivity index (χ1v) is 1.78. The largest absolute Gasteiger partial charge is 0.444 e. The van der Waals surface area contributed by atoms with Gasteiger partial charge in [-0.3, -0.25) is 5.92 Å². The van der Waals surface area contributed by atoms with Crippen molar-refractivity contribution in [1.82, 2.24) is 0 Å². The molecule has 0 unspecified atom stereocenters. The average Bonchev–Trinajstić information content (AvgIpc) is 1.30. The van der Waals surface area contributed by atoms with Crippen molar-refractivity contribution in [1.29, 1.82) is 0 Å². The third kappa shape index (κ3) is 1.40. The Balaban J connectivity index is 0.000000250. The van der Waals surface area contributed by atoms with E-state index in [2.05, 4.69) is 6.92 Å². The maximum absolute atomic E-state index is 4.80. The van der Waals surface area contributed by atoms with Crippen molar-refractivity contribution in [2.45, 2.75) is 6.92 Å². The second kappa shape index (κ2) is 2.76. The molecule has 0 saturated carbocycles. The van der Waals surface area contributed by atoms with E-state index in [9.17, 15) is 0 Å². The van der Waals surface area contributed by atoms with Gasteiger partial charge in [-0.05, 0) is 0 Å². The average molecular weight is 255 g/mol. The molecule has 0 aliphatic carbocycles. The molecular formula is C4H7OW-. The second-order valence-corrected chi connectivity index (χ2v) is 1.45. The molecule has 1 fully saturated rings. The van der Waals surface area contributed by atoms with Crippen molar-refractivity contribution in [3.63, 3.8) is 0 Å². The van der Waals surface area contributed by atoms with Crippen LogP contribution < -0.4 is 0 Å². The molecule has 36 valence electrons. The Morgan fingerprint density at radius 3 is 1.83 bits per heavy atom. The molecule has 1 nitrogen and oxygen atoms in total. The van der Waals surface area contributed by atoms with Crippen LogP contribution in [0.4, 0.5) is 0 Å². The molecule has 1 aliphatic heterocycles. The zero-order chi connectivity index (χ0) is 3.70. The van der Waals surface area contributed by atoms with Gasteiger partial charge in [0, 0.05) is 21.1 Å². The van der Waals surface area contributed by atoms with Crippen LogP contribution in [0.5, 0.6) is 0 Å². The molecule has 1 aliphatic rings. The zero-order valence-electron chi connectivity index (χ0n) is 3.73.